The van der Waals surface area contributed by atoms with Crippen LogP contribution in [0.15, 0.2) is 42.5 Å². The van der Waals surface area contributed by atoms with Crippen LogP contribution in [0.1, 0.15) is 26.4 Å². The van der Waals surface area contributed by atoms with Gasteiger partial charge in [0, 0.05) is 27.1 Å². The van der Waals surface area contributed by atoms with Crippen molar-refractivity contribution in [1.29, 1.82) is 0 Å². The second-order valence-electron chi connectivity index (χ2n) is 5.05. The van der Waals surface area contributed by atoms with Crippen molar-refractivity contribution in [1.82, 2.24) is 4.98 Å². The number of hydrogen-bond acceptors (Lipinski definition) is 3. The Morgan fingerprint density at radius 1 is 1.05 bits per heavy atom. The predicted octanol–water partition coefficient (Wildman–Crippen LogP) is 3.80. The van der Waals surface area contributed by atoms with Crippen LogP contribution in [0.3, 0.4) is 0 Å². The summed E-state index contributed by atoms with van der Waals surface area (Å²) >= 11 is 6.27. The van der Waals surface area contributed by atoms with Crippen LogP contribution in [-0.2, 0) is 0 Å². The van der Waals surface area contributed by atoms with Gasteiger partial charge in [0.1, 0.15) is 5.69 Å². The fourth-order valence-electron chi connectivity index (χ4n) is 2.92. The van der Waals surface area contributed by atoms with Crippen LogP contribution in [-0.4, -0.2) is 21.8 Å². The molecule has 4 rings (SSSR count). The smallest absolute Gasteiger partial charge is 0.354 e. The maximum absolute atomic E-state index is 12.7. The number of carbonyl (C=O) groups excluding carboxylic acids is 1. The van der Waals surface area contributed by atoms with E-state index in [2.05, 4.69) is 4.98 Å². The quantitative estimate of drug-likeness (QED) is 0.581. The van der Waals surface area contributed by atoms with E-state index in [9.17, 15) is 14.7 Å². The molecule has 106 valence electrons. The lowest BCUT2D eigenvalue weighted by molar-refractivity contribution is 0.0691. The number of carboxylic acid groups (broad SMARTS) is 1. The van der Waals surface area contributed by atoms with Crippen LogP contribution in [0.2, 0.25) is 5.02 Å². The van der Waals surface area contributed by atoms with Crippen molar-refractivity contribution in [3.05, 3.63) is 64.3 Å². The van der Waals surface area contributed by atoms with Gasteiger partial charge in [0.25, 0.3) is 0 Å². The molecule has 0 atom stereocenters. The minimum Gasteiger partial charge on any atom is -0.477 e. The Hall–Kier alpha value is -2.72. The zero-order valence-corrected chi connectivity index (χ0v) is 11.9. The van der Waals surface area contributed by atoms with Crippen LogP contribution in [0.4, 0.5) is 0 Å². The van der Waals surface area contributed by atoms with Crippen molar-refractivity contribution >= 4 is 34.3 Å². The summed E-state index contributed by atoms with van der Waals surface area (Å²) in [5.74, 6) is -1.24. The minimum absolute atomic E-state index is 0.0696. The third-order valence-electron chi connectivity index (χ3n) is 3.83. The maximum atomic E-state index is 12.7. The first-order valence-corrected chi connectivity index (χ1v) is 6.96. The van der Waals surface area contributed by atoms with Crippen molar-refractivity contribution in [2.75, 3.05) is 0 Å². The Labute approximate surface area is 130 Å². The van der Waals surface area contributed by atoms with E-state index >= 15 is 0 Å². The predicted molar refractivity (Wildman–Crippen MR) is 82.6 cm³/mol. The molecule has 1 aliphatic carbocycles. The summed E-state index contributed by atoms with van der Waals surface area (Å²) in [5.41, 5.74) is 2.62. The Morgan fingerprint density at radius 2 is 1.77 bits per heavy atom. The molecule has 0 bridgehead atoms. The molecule has 2 aromatic carbocycles. The van der Waals surface area contributed by atoms with Gasteiger partial charge in [-0.05, 0) is 23.8 Å². The molecule has 0 unspecified atom stereocenters. The number of rotatable bonds is 1. The molecule has 0 radical (unpaired) electrons. The lowest BCUT2D eigenvalue weighted by atomic mass is 9.84. The zero-order valence-electron chi connectivity index (χ0n) is 11.1. The average Bonchev–Trinajstić information content (AvgIpc) is 2.51. The average molecular weight is 310 g/mol. The number of benzene rings is 2. The van der Waals surface area contributed by atoms with E-state index < -0.39 is 5.97 Å². The van der Waals surface area contributed by atoms with Crippen molar-refractivity contribution in [3.8, 4) is 11.1 Å². The third-order valence-corrected chi connectivity index (χ3v) is 4.14. The number of carbonyl (C=O) groups is 2. The molecule has 4 nitrogen and oxygen atoms in total. The lowest BCUT2D eigenvalue weighted by Crippen LogP contribution is -2.12. The summed E-state index contributed by atoms with van der Waals surface area (Å²) in [4.78, 5) is 28.1. The topological polar surface area (TPSA) is 67.3 Å². The van der Waals surface area contributed by atoms with E-state index in [0.29, 0.717) is 38.2 Å². The standard InChI is InChI=1S/C17H8ClNO3/c18-11-5-1-3-8-14(11)10-7-13(17(21)22)19-12-6-2-4-9(15(10)12)16(8)20/h1-7H,(H,21,22). The van der Waals surface area contributed by atoms with E-state index in [4.69, 9.17) is 11.6 Å². The molecule has 0 aliphatic heterocycles. The summed E-state index contributed by atoms with van der Waals surface area (Å²) in [5, 5.41) is 10.3. The van der Waals surface area contributed by atoms with Crippen LogP contribution in [0, 0.1) is 0 Å². The fourth-order valence-corrected chi connectivity index (χ4v) is 3.19. The number of aromatic nitrogens is 1. The van der Waals surface area contributed by atoms with E-state index in [1.807, 2.05) is 0 Å². The number of carboxylic acids is 1. The maximum Gasteiger partial charge on any atom is 0.354 e. The molecule has 1 aliphatic rings. The molecule has 0 spiro atoms. The van der Waals surface area contributed by atoms with Crippen LogP contribution < -0.4 is 0 Å². The van der Waals surface area contributed by atoms with Crippen LogP contribution in [0.25, 0.3) is 22.0 Å². The first-order valence-electron chi connectivity index (χ1n) is 6.58. The molecule has 22 heavy (non-hydrogen) atoms. The molecule has 5 heteroatoms. The molecule has 0 saturated heterocycles. The number of nitrogens with zero attached hydrogens (tertiary/aromatic N) is 1. The van der Waals surface area contributed by atoms with Gasteiger partial charge in [-0.15, -0.1) is 0 Å². The van der Waals surface area contributed by atoms with Gasteiger partial charge in [-0.25, -0.2) is 9.78 Å². The van der Waals surface area contributed by atoms with Crippen molar-refractivity contribution in [2.45, 2.75) is 0 Å². The summed E-state index contributed by atoms with van der Waals surface area (Å²) in [6.07, 6.45) is 0. The zero-order chi connectivity index (χ0) is 15.4. The summed E-state index contributed by atoms with van der Waals surface area (Å²) in [6.45, 7) is 0. The molecule has 1 aromatic heterocycles. The van der Waals surface area contributed by atoms with E-state index in [1.165, 1.54) is 6.07 Å². The number of hydrogen-bond donors (Lipinski definition) is 1. The minimum atomic E-state index is -1.12. The van der Waals surface area contributed by atoms with Gasteiger partial charge in [0.2, 0.25) is 0 Å². The molecule has 1 N–H and O–H groups in total. The molecule has 0 saturated carbocycles. The number of aromatic carboxylic acids is 1. The van der Waals surface area contributed by atoms with Gasteiger partial charge in [0.05, 0.1) is 5.52 Å². The lowest BCUT2D eigenvalue weighted by Gasteiger charge is -2.20. The molecular weight excluding hydrogens is 302 g/mol. The molecule has 3 aromatic rings. The van der Waals surface area contributed by atoms with Gasteiger partial charge < -0.3 is 5.11 Å². The summed E-state index contributed by atoms with van der Waals surface area (Å²) in [6, 6.07) is 11.7. The highest BCUT2D eigenvalue weighted by atomic mass is 35.5. The first-order chi connectivity index (χ1) is 10.6. The normalized spacial score (nSPS) is 12.3. The van der Waals surface area contributed by atoms with Gasteiger partial charge in [-0.1, -0.05) is 35.9 Å². The van der Waals surface area contributed by atoms with Crippen LogP contribution in [0.5, 0.6) is 0 Å². The molecule has 0 fully saturated rings. The van der Waals surface area contributed by atoms with Crippen molar-refractivity contribution in [2.24, 2.45) is 0 Å². The Bertz CT molecular complexity index is 995. The number of pyridine rings is 1. The third kappa shape index (κ3) is 1.61. The highest BCUT2D eigenvalue weighted by Gasteiger charge is 2.28. The number of halogens is 1. The molecular formula is C17H8ClNO3. The fraction of sp³-hybridized carbons (Fsp3) is 0. The highest BCUT2D eigenvalue weighted by Crippen LogP contribution is 2.42. The van der Waals surface area contributed by atoms with Gasteiger partial charge in [0.15, 0.2) is 5.78 Å². The first kappa shape index (κ1) is 13.0. The summed E-state index contributed by atoms with van der Waals surface area (Å²) in [7, 11) is 0. The highest BCUT2D eigenvalue weighted by molar-refractivity contribution is 6.37. The monoisotopic (exact) mass is 309 g/mol. The number of ketones is 1. The second kappa shape index (κ2) is 4.39. The van der Waals surface area contributed by atoms with Crippen LogP contribution >= 0.6 is 11.6 Å². The van der Waals surface area contributed by atoms with Crippen molar-refractivity contribution < 1.29 is 14.7 Å². The van der Waals surface area contributed by atoms with Gasteiger partial charge >= 0.3 is 5.97 Å². The number of fused-ring (bicyclic) bond motifs is 2. The van der Waals surface area contributed by atoms with Crippen molar-refractivity contribution in [3.63, 3.8) is 0 Å². The second-order valence-corrected chi connectivity index (χ2v) is 5.46. The Balaban J connectivity index is 2.25. The molecule has 0 amide bonds. The Morgan fingerprint density at radius 3 is 2.55 bits per heavy atom. The van der Waals surface area contributed by atoms with E-state index in [1.54, 1.807) is 36.4 Å². The van der Waals surface area contributed by atoms with Gasteiger partial charge in [-0.3, -0.25) is 4.79 Å². The summed E-state index contributed by atoms with van der Waals surface area (Å²) < 4.78 is 0. The van der Waals surface area contributed by atoms with E-state index in [0.717, 1.165) is 0 Å². The van der Waals surface area contributed by atoms with Gasteiger partial charge in [-0.2, -0.15) is 0 Å². The Kier molecular flexibility index (Phi) is 2.59. The van der Waals surface area contributed by atoms with E-state index in [-0.39, 0.29) is 11.5 Å². The largest absolute Gasteiger partial charge is 0.477 e. The molecule has 1 heterocycles. The SMILES string of the molecule is O=C(O)c1cc2c3c(cccc3n1)C(=O)c1cccc(Cl)c1-2.